The lowest BCUT2D eigenvalue weighted by Crippen LogP contribution is -2.38. The SMILES string of the molecule is CCC(C)(CO)Nc1cccc(F)n1. The maximum atomic E-state index is 12.7. The molecule has 0 saturated carbocycles. The van der Waals surface area contributed by atoms with E-state index in [0.717, 1.165) is 6.42 Å². The summed E-state index contributed by atoms with van der Waals surface area (Å²) in [4.78, 5) is 3.67. The van der Waals surface area contributed by atoms with Crippen LogP contribution in [-0.4, -0.2) is 22.2 Å². The molecule has 3 nitrogen and oxygen atoms in total. The van der Waals surface area contributed by atoms with Gasteiger partial charge in [0.05, 0.1) is 12.1 Å². The van der Waals surface area contributed by atoms with Crippen molar-refractivity contribution in [3.05, 3.63) is 24.1 Å². The van der Waals surface area contributed by atoms with E-state index in [2.05, 4.69) is 10.3 Å². The average Bonchev–Trinajstić information content (AvgIpc) is 2.18. The topological polar surface area (TPSA) is 45.1 Å². The molecular formula is C10H15FN2O. The molecule has 0 spiro atoms. The van der Waals surface area contributed by atoms with Crippen molar-refractivity contribution in [3.63, 3.8) is 0 Å². The summed E-state index contributed by atoms with van der Waals surface area (Å²) in [6.07, 6.45) is 0.738. The molecule has 0 bridgehead atoms. The van der Waals surface area contributed by atoms with Gasteiger partial charge in [0.2, 0.25) is 5.95 Å². The number of aromatic nitrogens is 1. The second-order valence-corrected chi connectivity index (χ2v) is 3.54. The van der Waals surface area contributed by atoms with Crippen LogP contribution >= 0.6 is 0 Å². The van der Waals surface area contributed by atoms with Crippen molar-refractivity contribution >= 4 is 5.82 Å². The molecule has 0 aromatic carbocycles. The van der Waals surface area contributed by atoms with E-state index in [1.165, 1.54) is 6.07 Å². The first-order valence-electron chi connectivity index (χ1n) is 4.61. The average molecular weight is 198 g/mol. The van der Waals surface area contributed by atoms with Crippen molar-refractivity contribution in [1.29, 1.82) is 0 Å². The summed E-state index contributed by atoms with van der Waals surface area (Å²) >= 11 is 0. The number of rotatable bonds is 4. The fourth-order valence-corrected chi connectivity index (χ4v) is 1.03. The molecule has 1 aromatic rings. The molecule has 14 heavy (non-hydrogen) atoms. The van der Waals surface area contributed by atoms with Gasteiger partial charge in [0.25, 0.3) is 0 Å². The molecule has 0 aliphatic carbocycles. The smallest absolute Gasteiger partial charge is 0.214 e. The van der Waals surface area contributed by atoms with Crippen LogP contribution in [0.25, 0.3) is 0 Å². The Labute approximate surface area is 83.0 Å². The van der Waals surface area contributed by atoms with Crippen molar-refractivity contribution in [2.75, 3.05) is 11.9 Å². The fraction of sp³-hybridized carbons (Fsp3) is 0.500. The van der Waals surface area contributed by atoms with Gasteiger partial charge in [-0.15, -0.1) is 0 Å². The van der Waals surface area contributed by atoms with E-state index in [1.54, 1.807) is 12.1 Å². The Morgan fingerprint density at radius 2 is 2.29 bits per heavy atom. The van der Waals surface area contributed by atoms with Crippen molar-refractivity contribution in [1.82, 2.24) is 4.98 Å². The molecule has 0 amide bonds. The molecule has 4 heteroatoms. The highest BCUT2D eigenvalue weighted by atomic mass is 19.1. The minimum atomic E-state index is -0.522. The summed E-state index contributed by atoms with van der Waals surface area (Å²) in [5.41, 5.74) is -0.444. The van der Waals surface area contributed by atoms with Crippen LogP contribution in [0.3, 0.4) is 0 Å². The van der Waals surface area contributed by atoms with Gasteiger partial charge >= 0.3 is 0 Å². The molecular weight excluding hydrogens is 183 g/mol. The summed E-state index contributed by atoms with van der Waals surface area (Å²) in [5.74, 6) is -0.0743. The molecule has 1 unspecified atom stereocenters. The van der Waals surface area contributed by atoms with Crippen molar-refractivity contribution in [2.45, 2.75) is 25.8 Å². The third-order valence-corrected chi connectivity index (χ3v) is 2.27. The van der Waals surface area contributed by atoms with Crippen LogP contribution in [-0.2, 0) is 0 Å². The highest BCUT2D eigenvalue weighted by molar-refractivity contribution is 5.36. The number of anilines is 1. The maximum Gasteiger partial charge on any atom is 0.214 e. The van der Waals surface area contributed by atoms with Gasteiger partial charge in [-0.2, -0.15) is 4.39 Å². The Hall–Kier alpha value is -1.16. The number of aliphatic hydroxyl groups is 1. The monoisotopic (exact) mass is 198 g/mol. The first kappa shape index (κ1) is 10.9. The number of aliphatic hydroxyl groups excluding tert-OH is 1. The number of nitrogens with one attached hydrogen (secondary N) is 1. The van der Waals surface area contributed by atoms with Crippen LogP contribution in [0.5, 0.6) is 0 Å². The van der Waals surface area contributed by atoms with E-state index in [1.807, 2.05) is 13.8 Å². The summed E-state index contributed by atoms with van der Waals surface area (Å²) in [5, 5.41) is 12.1. The Bertz CT molecular complexity index is 300. The first-order chi connectivity index (χ1) is 6.59. The molecule has 1 atom stereocenters. The van der Waals surface area contributed by atoms with Gasteiger partial charge in [-0.05, 0) is 25.5 Å². The Balaban J connectivity index is 2.77. The largest absolute Gasteiger partial charge is 0.394 e. The summed E-state index contributed by atoms with van der Waals surface area (Å²) in [7, 11) is 0. The van der Waals surface area contributed by atoms with Crippen molar-refractivity contribution in [3.8, 4) is 0 Å². The van der Waals surface area contributed by atoms with E-state index in [4.69, 9.17) is 5.11 Å². The normalized spacial score (nSPS) is 14.9. The summed E-state index contributed by atoms with van der Waals surface area (Å²) in [6.45, 7) is 3.80. The third kappa shape index (κ3) is 2.67. The van der Waals surface area contributed by atoms with Crippen LogP contribution in [0.1, 0.15) is 20.3 Å². The summed E-state index contributed by atoms with van der Waals surface area (Å²) in [6, 6.07) is 4.54. The van der Waals surface area contributed by atoms with E-state index in [0.29, 0.717) is 5.82 Å². The molecule has 1 rings (SSSR count). The van der Waals surface area contributed by atoms with Crippen LogP contribution in [0, 0.1) is 5.95 Å². The standard InChI is InChI=1S/C10H15FN2O/c1-3-10(2,7-14)13-9-6-4-5-8(11)12-9/h4-6,14H,3,7H2,1-2H3,(H,12,13). The Kier molecular flexibility index (Phi) is 3.41. The highest BCUT2D eigenvalue weighted by Crippen LogP contribution is 2.15. The second-order valence-electron chi connectivity index (χ2n) is 3.54. The molecule has 0 saturated heterocycles. The van der Waals surface area contributed by atoms with Crippen LogP contribution in [0.4, 0.5) is 10.2 Å². The molecule has 0 fully saturated rings. The third-order valence-electron chi connectivity index (χ3n) is 2.27. The predicted octanol–water partition coefficient (Wildman–Crippen LogP) is 1.79. The van der Waals surface area contributed by atoms with Gasteiger partial charge in [0.15, 0.2) is 0 Å². The van der Waals surface area contributed by atoms with E-state index in [9.17, 15) is 4.39 Å². The van der Waals surface area contributed by atoms with Gasteiger partial charge < -0.3 is 10.4 Å². The van der Waals surface area contributed by atoms with Crippen LogP contribution < -0.4 is 5.32 Å². The van der Waals surface area contributed by atoms with Crippen LogP contribution in [0.2, 0.25) is 0 Å². The number of pyridine rings is 1. The zero-order valence-electron chi connectivity index (χ0n) is 8.42. The highest BCUT2D eigenvalue weighted by Gasteiger charge is 2.20. The molecule has 78 valence electrons. The maximum absolute atomic E-state index is 12.7. The fourth-order valence-electron chi connectivity index (χ4n) is 1.03. The molecule has 1 heterocycles. The van der Waals surface area contributed by atoms with Gasteiger partial charge in [0, 0.05) is 0 Å². The predicted molar refractivity (Wildman–Crippen MR) is 53.6 cm³/mol. The molecule has 1 aromatic heterocycles. The van der Waals surface area contributed by atoms with Gasteiger partial charge in [-0.3, -0.25) is 0 Å². The van der Waals surface area contributed by atoms with E-state index >= 15 is 0 Å². The number of hydrogen-bond acceptors (Lipinski definition) is 3. The first-order valence-corrected chi connectivity index (χ1v) is 4.61. The van der Waals surface area contributed by atoms with Gasteiger partial charge in [-0.25, -0.2) is 4.98 Å². The Morgan fingerprint density at radius 3 is 2.79 bits per heavy atom. The molecule has 0 aliphatic heterocycles. The zero-order chi connectivity index (χ0) is 10.6. The minimum absolute atomic E-state index is 0.0122. The number of hydrogen-bond donors (Lipinski definition) is 2. The quantitative estimate of drug-likeness (QED) is 0.725. The van der Waals surface area contributed by atoms with E-state index in [-0.39, 0.29) is 6.61 Å². The zero-order valence-corrected chi connectivity index (χ0v) is 8.42. The second kappa shape index (κ2) is 4.37. The van der Waals surface area contributed by atoms with Crippen molar-refractivity contribution in [2.24, 2.45) is 0 Å². The Morgan fingerprint density at radius 1 is 1.57 bits per heavy atom. The lowest BCUT2D eigenvalue weighted by atomic mass is 10.0. The lowest BCUT2D eigenvalue weighted by Gasteiger charge is -2.27. The van der Waals surface area contributed by atoms with Gasteiger partial charge in [0.1, 0.15) is 5.82 Å². The molecule has 0 radical (unpaired) electrons. The van der Waals surface area contributed by atoms with E-state index < -0.39 is 11.5 Å². The number of nitrogens with zero attached hydrogens (tertiary/aromatic N) is 1. The molecule has 0 aliphatic rings. The minimum Gasteiger partial charge on any atom is -0.394 e. The lowest BCUT2D eigenvalue weighted by molar-refractivity contribution is 0.218. The molecule has 2 N–H and O–H groups in total. The summed E-state index contributed by atoms with van der Waals surface area (Å²) < 4.78 is 12.7. The van der Waals surface area contributed by atoms with Crippen molar-refractivity contribution < 1.29 is 9.50 Å². The van der Waals surface area contributed by atoms with Crippen LogP contribution in [0.15, 0.2) is 18.2 Å². The van der Waals surface area contributed by atoms with Gasteiger partial charge in [-0.1, -0.05) is 13.0 Å². The number of halogens is 1.